The first-order chi connectivity index (χ1) is 5.66. The number of esters is 1. The molecule has 1 fully saturated rings. The van der Waals surface area contributed by atoms with Crippen LogP contribution in [0.4, 0.5) is 0 Å². The standard InChI is InChI=1S/C9H15NO2/c1-7(2)8(9(11)12-3)10-5-4-6-10/h8H,1,4-6H2,2-3H3. The Morgan fingerprint density at radius 3 is 2.42 bits per heavy atom. The van der Waals surface area contributed by atoms with Crippen LogP contribution in [0.25, 0.3) is 0 Å². The first kappa shape index (κ1) is 9.26. The number of carbonyl (C=O) groups is 1. The van der Waals surface area contributed by atoms with Gasteiger partial charge in [-0.1, -0.05) is 12.2 Å². The molecule has 0 aromatic carbocycles. The highest BCUT2D eigenvalue weighted by Gasteiger charge is 2.30. The Kier molecular flexibility index (Phi) is 2.87. The summed E-state index contributed by atoms with van der Waals surface area (Å²) < 4.78 is 4.69. The van der Waals surface area contributed by atoms with Gasteiger partial charge in [0, 0.05) is 13.1 Å². The van der Waals surface area contributed by atoms with Crippen LogP contribution in [0.1, 0.15) is 13.3 Å². The molecule has 1 saturated heterocycles. The third kappa shape index (κ3) is 1.67. The third-order valence-electron chi connectivity index (χ3n) is 2.15. The minimum atomic E-state index is -0.219. The van der Waals surface area contributed by atoms with Crippen molar-refractivity contribution >= 4 is 5.97 Å². The van der Waals surface area contributed by atoms with Crippen molar-refractivity contribution in [2.24, 2.45) is 0 Å². The van der Waals surface area contributed by atoms with Crippen LogP contribution < -0.4 is 0 Å². The summed E-state index contributed by atoms with van der Waals surface area (Å²) in [5.74, 6) is -0.192. The van der Waals surface area contributed by atoms with E-state index in [9.17, 15) is 4.79 Å². The lowest BCUT2D eigenvalue weighted by Gasteiger charge is -2.36. The highest BCUT2D eigenvalue weighted by atomic mass is 16.5. The van der Waals surface area contributed by atoms with Crippen LogP contribution in [0, 0.1) is 0 Å². The van der Waals surface area contributed by atoms with Gasteiger partial charge in [0.2, 0.25) is 0 Å². The van der Waals surface area contributed by atoms with E-state index in [0.717, 1.165) is 18.7 Å². The van der Waals surface area contributed by atoms with Gasteiger partial charge in [-0.25, -0.2) is 0 Å². The third-order valence-corrected chi connectivity index (χ3v) is 2.15. The molecule has 0 amide bonds. The average molecular weight is 169 g/mol. The molecule has 1 unspecified atom stereocenters. The van der Waals surface area contributed by atoms with E-state index in [1.54, 1.807) is 0 Å². The largest absolute Gasteiger partial charge is 0.468 e. The molecule has 0 N–H and O–H groups in total. The Morgan fingerprint density at radius 1 is 1.58 bits per heavy atom. The van der Waals surface area contributed by atoms with Gasteiger partial charge in [-0.2, -0.15) is 0 Å². The van der Waals surface area contributed by atoms with Crippen molar-refractivity contribution in [1.29, 1.82) is 0 Å². The SMILES string of the molecule is C=C(C)C(C(=O)OC)N1CCC1. The molecule has 0 saturated carbocycles. The number of hydrogen-bond acceptors (Lipinski definition) is 3. The number of ether oxygens (including phenoxy) is 1. The zero-order valence-corrected chi connectivity index (χ0v) is 7.67. The highest BCUT2D eigenvalue weighted by molar-refractivity contribution is 5.79. The predicted octanol–water partition coefficient (Wildman–Crippen LogP) is 0.810. The van der Waals surface area contributed by atoms with Crippen molar-refractivity contribution in [3.05, 3.63) is 12.2 Å². The molecular weight excluding hydrogens is 154 g/mol. The smallest absolute Gasteiger partial charge is 0.327 e. The summed E-state index contributed by atoms with van der Waals surface area (Å²) in [6.45, 7) is 7.60. The number of nitrogens with zero attached hydrogens (tertiary/aromatic N) is 1. The van der Waals surface area contributed by atoms with E-state index in [1.807, 2.05) is 6.92 Å². The first-order valence-electron chi connectivity index (χ1n) is 4.14. The van der Waals surface area contributed by atoms with Gasteiger partial charge < -0.3 is 4.74 Å². The Balaban J connectivity index is 2.59. The number of hydrogen-bond donors (Lipinski definition) is 0. The van der Waals surface area contributed by atoms with Crippen molar-refractivity contribution in [1.82, 2.24) is 4.90 Å². The van der Waals surface area contributed by atoms with Crippen molar-refractivity contribution in [2.75, 3.05) is 20.2 Å². The lowest BCUT2D eigenvalue weighted by Crippen LogP contribution is -2.49. The molecule has 12 heavy (non-hydrogen) atoms. The summed E-state index contributed by atoms with van der Waals surface area (Å²) in [5.41, 5.74) is 0.863. The fourth-order valence-corrected chi connectivity index (χ4v) is 1.37. The summed E-state index contributed by atoms with van der Waals surface area (Å²) in [6.07, 6.45) is 1.17. The van der Waals surface area contributed by atoms with Crippen LogP contribution in [0.3, 0.4) is 0 Å². The Hall–Kier alpha value is -0.830. The van der Waals surface area contributed by atoms with Crippen LogP contribution in [0.15, 0.2) is 12.2 Å². The second-order valence-corrected chi connectivity index (χ2v) is 3.16. The van der Waals surface area contributed by atoms with Crippen molar-refractivity contribution in [2.45, 2.75) is 19.4 Å². The molecule has 1 atom stereocenters. The Labute approximate surface area is 73.0 Å². The van der Waals surface area contributed by atoms with E-state index in [2.05, 4.69) is 16.2 Å². The molecule has 1 aliphatic rings. The Morgan fingerprint density at radius 2 is 2.17 bits per heavy atom. The van der Waals surface area contributed by atoms with E-state index in [1.165, 1.54) is 13.5 Å². The molecule has 0 radical (unpaired) electrons. The van der Waals surface area contributed by atoms with Crippen LogP contribution in [0.5, 0.6) is 0 Å². The second kappa shape index (κ2) is 3.72. The summed E-state index contributed by atoms with van der Waals surface area (Å²) in [6, 6.07) is -0.219. The topological polar surface area (TPSA) is 29.5 Å². The van der Waals surface area contributed by atoms with Gasteiger partial charge in [-0.15, -0.1) is 0 Å². The van der Waals surface area contributed by atoms with Gasteiger partial charge in [0.25, 0.3) is 0 Å². The summed E-state index contributed by atoms with van der Waals surface area (Å²) in [7, 11) is 1.41. The molecule has 1 aliphatic heterocycles. The molecule has 0 aliphatic carbocycles. The first-order valence-corrected chi connectivity index (χ1v) is 4.14. The van der Waals surface area contributed by atoms with Gasteiger partial charge >= 0.3 is 5.97 Å². The molecule has 1 heterocycles. The maximum atomic E-state index is 11.3. The lowest BCUT2D eigenvalue weighted by molar-refractivity contribution is -0.146. The summed E-state index contributed by atoms with van der Waals surface area (Å²) in [4.78, 5) is 13.3. The maximum Gasteiger partial charge on any atom is 0.327 e. The predicted molar refractivity (Wildman–Crippen MR) is 46.8 cm³/mol. The fraction of sp³-hybridized carbons (Fsp3) is 0.667. The number of rotatable bonds is 3. The van der Waals surface area contributed by atoms with Crippen molar-refractivity contribution in [3.63, 3.8) is 0 Å². The van der Waals surface area contributed by atoms with Crippen LogP contribution >= 0.6 is 0 Å². The van der Waals surface area contributed by atoms with Crippen molar-refractivity contribution < 1.29 is 9.53 Å². The molecular formula is C9H15NO2. The molecule has 68 valence electrons. The Bertz CT molecular complexity index is 197. The van der Waals surface area contributed by atoms with E-state index in [-0.39, 0.29) is 12.0 Å². The maximum absolute atomic E-state index is 11.3. The number of likely N-dealkylation sites (tertiary alicyclic amines) is 1. The minimum absolute atomic E-state index is 0.192. The molecule has 3 heteroatoms. The van der Waals surface area contributed by atoms with Crippen LogP contribution in [-0.4, -0.2) is 37.1 Å². The second-order valence-electron chi connectivity index (χ2n) is 3.16. The van der Waals surface area contributed by atoms with E-state index >= 15 is 0 Å². The monoisotopic (exact) mass is 169 g/mol. The van der Waals surface area contributed by atoms with E-state index in [4.69, 9.17) is 0 Å². The molecule has 0 aromatic rings. The van der Waals surface area contributed by atoms with Crippen LogP contribution in [-0.2, 0) is 9.53 Å². The fourth-order valence-electron chi connectivity index (χ4n) is 1.37. The van der Waals surface area contributed by atoms with Gasteiger partial charge in [0.15, 0.2) is 0 Å². The summed E-state index contributed by atoms with van der Waals surface area (Å²) in [5, 5.41) is 0. The molecule has 1 rings (SSSR count). The van der Waals surface area contributed by atoms with Gasteiger partial charge in [-0.05, 0) is 13.3 Å². The van der Waals surface area contributed by atoms with Gasteiger partial charge in [-0.3, -0.25) is 9.69 Å². The van der Waals surface area contributed by atoms with E-state index in [0.29, 0.717) is 0 Å². The zero-order valence-electron chi connectivity index (χ0n) is 7.67. The molecule has 0 aromatic heterocycles. The number of carbonyl (C=O) groups excluding carboxylic acids is 1. The molecule has 0 spiro atoms. The molecule has 3 nitrogen and oxygen atoms in total. The summed E-state index contributed by atoms with van der Waals surface area (Å²) >= 11 is 0. The quantitative estimate of drug-likeness (QED) is 0.462. The average Bonchev–Trinajstić information content (AvgIpc) is 1.94. The van der Waals surface area contributed by atoms with E-state index < -0.39 is 0 Å². The van der Waals surface area contributed by atoms with Gasteiger partial charge in [0.1, 0.15) is 6.04 Å². The number of methoxy groups -OCH3 is 1. The highest BCUT2D eigenvalue weighted by Crippen LogP contribution is 2.17. The normalized spacial score (nSPS) is 19.5. The minimum Gasteiger partial charge on any atom is -0.468 e. The van der Waals surface area contributed by atoms with Gasteiger partial charge in [0.05, 0.1) is 7.11 Å². The zero-order chi connectivity index (χ0) is 9.14. The van der Waals surface area contributed by atoms with Crippen LogP contribution in [0.2, 0.25) is 0 Å². The van der Waals surface area contributed by atoms with Crippen molar-refractivity contribution in [3.8, 4) is 0 Å². The molecule has 0 bridgehead atoms. The lowest BCUT2D eigenvalue weighted by atomic mass is 10.0.